The number of hydrogen-bond acceptors (Lipinski definition) is 3. The summed E-state index contributed by atoms with van der Waals surface area (Å²) >= 11 is 0. The molecular weight excluding hydrogens is 258 g/mol. The highest BCUT2D eigenvalue weighted by molar-refractivity contribution is 5.21. The van der Waals surface area contributed by atoms with E-state index in [0.29, 0.717) is 0 Å². The van der Waals surface area contributed by atoms with E-state index in [1.54, 1.807) is 0 Å². The van der Waals surface area contributed by atoms with Gasteiger partial charge in [-0.3, -0.25) is 9.88 Å². The number of nitrogens with zero attached hydrogens (tertiary/aromatic N) is 2. The zero-order chi connectivity index (χ0) is 14.7. The molecule has 3 rings (SSSR count). The lowest BCUT2D eigenvalue weighted by atomic mass is 9.81. The van der Waals surface area contributed by atoms with Crippen LogP contribution < -0.4 is 5.32 Å². The summed E-state index contributed by atoms with van der Waals surface area (Å²) in [6.45, 7) is 6.73. The van der Waals surface area contributed by atoms with Crippen LogP contribution in [0.1, 0.15) is 56.6 Å². The molecule has 0 radical (unpaired) electrons. The van der Waals surface area contributed by atoms with E-state index >= 15 is 0 Å². The third-order valence-corrected chi connectivity index (χ3v) is 5.31. The number of rotatable bonds is 5. The number of hydrogen-bond donors (Lipinski definition) is 1. The van der Waals surface area contributed by atoms with Gasteiger partial charge < -0.3 is 5.32 Å². The van der Waals surface area contributed by atoms with Gasteiger partial charge in [-0.1, -0.05) is 13.3 Å². The Morgan fingerprint density at radius 3 is 2.71 bits per heavy atom. The second-order valence-corrected chi connectivity index (χ2v) is 6.84. The van der Waals surface area contributed by atoms with Gasteiger partial charge in [0.1, 0.15) is 0 Å². The molecule has 2 aliphatic rings. The van der Waals surface area contributed by atoms with Crippen LogP contribution in [-0.4, -0.2) is 34.6 Å². The fourth-order valence-electron chi connectivity index (χ4n) is 4.11. The Morgan fingerprint density at radius 1 is 1.29 bits per heavy atom. The Labute approximate surface area is 129 Å². The molecule has 2 atom stereocenters. The molecule has 2 fully saturated rings. The Balaban J connectivity index is 1.68. The van der Waals surface area contributed by atoms with E-state index in [0.717, 1.165) is 24.7 Å². The van der Waals surface area contributed by atoms with Gasteiger partial charge in [-0.05, 0) is 62.8 Å². The number of nitrogens with one attached hydrogen (secondary N) is 1. The predicted octanol–water partition coefficient (Wildman–Crippen LogP) is 3.28. The first kappa shape index (κ1) is 15.0. The number of piperidine rings is 2. The van der Waals surface area contributed by atoms with Crippen molar-refractivity contribution >= 4 is 0 Å². The first-order chi connectivity index (χ1) is 10.3. The van der Waals surface area contributed by atoms with Gasteiger partial charge >= 0.3 is 0 Å². The van der Waals surface area contributed by atoms with E-state index in [4.69, 9.17) is 0 Å². The summed E-state index contributed by atoms with van der Waals surface area (Å²) in [4.78, 5) is 7.10. The molecule has 1 aromatic rings. The summed E-state index contributed by atoms with van der Waals surface area (Å²) in [6.07, 6.45) is 12.0. The maximum atomic E-state index is 4.32. The third-order valence-electron chi connectivity index (χ3n) is 5.31. The normalized spacial score (nSPS) is 29.5. The first-order valence-corrected chi connectivity index (χ1v) is 8.66. The van der Waals surface area contributed by atoms with Crippen LogP contribution in [0.4, 0.5) is 0 Å². The van der Waals surface area contributed by atoms with E-state index in [1.165, 1.54) is 56.2 Å². The average Bonchev–Trinajstić information content (AvgIpc) is 2.47. The second-order valence-electron chi connectivity index (χ2n) is 6.84. The van der Waals surface area contributed by atoms with Crippen LogP contribution in [0.3, 0.4) is 0 Å². The van der Waals surface area contributed by atoms with Gasteiger partial charge in [0.15, 0.2) is 0 Å². The Morgan fingerprint density at radius 2 is 2.05 bits per heavy atom. The lowest BCUT2D eigenvalue weighted by Gasteiger charge is -2.49. The van der Waals surface area contributed by atoms with Gasteiger partial charge in [0.2, 0.25) is 0 Å². The molecule has 0 spiro atoms. The van der Waals surface area contributed by atoms with E-state index in [9.17, 15) is 0 Å². The van der Waals surface area contributed by atoms with Crippen molar-refractivity contribution in [3.8, 4) is 0 Å². The van der Waals surface area contributed by atoms with Gasteiger partial charge in [0, 0.05) is 37.1 Å². The van der Waals surface area contributed by atoms with Crippen molar-refractivity contribution in [2.24, 2.45) is 0 Å². The number of pyridine rings is 1. The molecule has 3 heterocycles. The molecule has 0 aromatic carbocycles. The van der Waals surface area contributed by atoms with Crippen molar-refractivity contribution in [1.29, 1.82) is 0 Å². The highest BCUT2D eigenvalue weighted by Gasteiger charge is 2.37. The van der Waals surface area contributed by atoms with E-state index in [-0.39, 0.29) is 0 Å². The molecule has 3 nitrogen and oxygen atoms in total. The van der Waals surface area contributed by atoms with Crippen molar-refractivity contribution in [2.45, 2.75) is 77.0 Å². The van der Waals surface area contributed by atoms with Crippen molar-refractivity contribution < 1.29 is 0 Å². The summed E-state index contributed by atoms with van der Waals surface area (Å²) < 4.78 is 0. The Kier molecular flexibility index (Phi) is 4.91. The van der Waals surface area contributed by atoms with Crippen molar-refractivity contribution in [2.75, 3.05) is 6.54 Å². The molecule has 1 aromatic heterocycles. The number of fused-ring (bicyclic) bond motifs is 2. The van der Waals surface area contributed by atoms with Crippen molar-refractivity contribution in [1.82, 2.24) is 15.2 Å². The molecule has 116 valence electrons. The van der Waals surface area contributed by atoms with Gasteiger partial charge in [0.05, 0.1) is 0 Å². The zero-order valence-electron chi connectivity index (χ0n) is 13.5. The lowest BCUT2D eigenvalue weighted by molar-refractivity contribution is 0.0175. The van der Waals surface area contributed by atoms with Crippen LogP contribution in [-0.2, 0) is 6.54 Å². The van der Waals surface area contributed by atoms with E-state index in [1.807, 2.05) is 6.20 Å². The molecule has 2 aliphatic heterocycles. The highest BCUT2D eigenvalue weighted by Crippen LogP contribution is 2.35. The topological polar surface area (TPSA) is 28.2 Å². The van der Waals surface area contributed by atoms with Gasteiger partial charge in [-0.2, -0.15) is 0 Å². The molecule has 0 aliphatic carbocycles. The van der Waals surface area contributed by atoms with E-state index in [2.05, 4.69) is 41.3 Å². The molecule has 0 saturated carbocycles. The fraction of sp³-hybridized carbons (Fsp3) is 0.722. The smallest absolute Gasteiger partial charge is 0.0315 e. The molecule has 2 saturated heterocycles. The van der Waals surface area contributed by atoms with Crippen LogP contribution in [0, 0.1) is 6.92 Å². The summed E-state index contributed by atoms with van der Waals surface area (Å²) in [7, 11) is 0. The summed E-state index contributed by atoms with van der Waals surface area (Å²) in [5.74, 6) is 0. The third kappa shape index (κ3) is 3.46. The molecule has 0 amide bonds. The maximum Gasteiger partial charge on any atom is 0.0315 e. The van der Waals surface area contributed by atoms with Crippen LogP contribution in [0.15, 0.2) is 18.5 Å². The van der Waals surface area contributed by atoms with Crippen LogP contribution >= 0.6 is 0 Å². The number of aryl methyl sites for hydroxylation is 1. The minimum absolute atomic E-state index is 0.742. The average molecular weight is 287 g/mol. The van der Waals surface area contributed by atoms with Gasteiger partial charge in [0.25, 0.3) is 0 Å². The summed E-state index contributed by atoms with van der Waals surface area (Å²) in [5, 5.41) is 3.76. The first-order valence-electron chi connectivity index (χ1n) is 8.66. The van der Waals surface area contributed by atoms with Gasteiger partial charge in [-0.25, -0.2) is 0 Å². The summed E-state index contributed by atoms with van der Waals surface area (Å²) in [6, 6.07) is 4.42. The van der Waals surface area contributed by atoms with Crippen molar-refractivity contribution in [3.05, 3.63) is 29.6 Å². The van der Waals surface area contributed by atoms with Gasteiger partial charge in [-0.15, -0.1) is 0 Å². The molecule has 2 unspecified atom stereocenters. The molecule has 1 N–H and O–H groups in total. The largest absolute Gasteiger partial charge is 0.314 e. The molecular formula is C18H29N3. The second kappa shape index (κ2) is 6.89. The van der Waals surface area contributed by atoms with E-state index < -0.39 is 0 Å². The maximum absolute atomic E-state index is 4.32. The standard InChI is InChI=1S/C18H29N3/c1-3-8-20-16-10-17-5-4-6-18(11-16)21(17)13-15-12-19-9-7-14(15)2/h7,9,12,16-18,20H,3-6,8,10-11,13H2,1-2H3. The molecule has 2 bridgehead atoms. The number of aromatic nitrogens is 1. The molecule has 3 heteroatoms. The minimum atomic E-state index is 0.742. The molecule has 21 heavy (non-hydrogen) atoms. The zero-order valence-corrected chi connectivity index (χ0v) is 13.5. The fourth-order valence-corrected chi connectivity index (χ4v) is 4.11. The van der Waals surface area contributed by atoms with Crippen LogP contribution in [0.25, 0.3) is 0 Å². The SMILES string of the molecule is CCCNC1CC2CCCC(C1)N2Cc1cnccc1C. The van der Waals surface area contributed by atoms with Crippen molar-refractivity contribution in [3.63, 3.8) is 0 Å². The quantitative estimate of drug-likeness (QED) is 0.901. The monoisotopic (exact) mass is 287 g/mol. The highest BCUT2D eigenvalue weighted by atomic mass is 15.2. The summed E-state index contributed by atoms with van der Waals surface area (Å²) in [5.41, 5.74) is 2.80. The predicted molar refractivity (Wildman–Crippen MR) is 87.3 cm³/mol. The lowest BCUT2D eigenvalue weighted by Crippen LogP contribution is -2.55. The van der Waals surface area contributed by atoms with Crippen LogP contribution in [0.5, 0.6) is 0 Å². The minimum Gasteiger partial charge on any atom is -0.314 e. The Bertz CT molecular complexity index is 446. The van der Waals surface area contributed by atoms with Crippen LogP contribution in [0.2, 0.25) is 0 Å². The Hall–Kier alpha value is -0.930.